The Labute approximate surface area is 125 Å². The highest BCUT2D eigenvalue weighted by Gasteiger charge is 2.99. The topological polar surface area (TPSA) is 37.3 Å². The summed E-state index contributed by atoms with van der Waals surface area (Å²) in [6.45, 7) is 0. The fourth-order valence-electron chi connectivity index (χ4n) is 1.63. The molecule has 0 aliphatic heterocycles. The quantitative estimate of drug-likeness (QED) is 0.681. The summed E-state index contributed by atoms with van der Waals surface area (Å²) in [6, 6.07) is 0. The standard InChI is InChI=1S/C8HF15O2/c9-3(10,6(15,16)17)2(1(24)25,4(11,12)7(18,19)20)5(13,14)8(21,22)23/h(H,24,25). The van der Waals surface area contributed by atoms with E-state index in [2.05, 4.69) is 0 Å². The zero-order valence-corrected chi connectivity index (χ0v) is 10.5. The smallest absolute Gasteiger partial charge is 0.455 e. The first-order chi connectivity index (χ1) is 10.4. The molecule has 2 nitrogen and oxygen atoms in total. The minimum atomic E-state index is -8.39. The van der Waals surface area contributed by atoms with Gasteiger partial charge in [0, 0.05) is 0 Å². The van der Waals surface area contributed by atoms with Gasteiger partial charge in [-0.3, -0.25) is 4.79 Å². The van der Waals surface area contributed by atoms with Crippen molar-refractivity contribution in [2.75, 3.05) is 0 Å². The Morgan fingerprint density at radius 2 is 0.640 bits per heavy atom. The van der Waals surface area contributed by atoms with E-state index in [0.29, 0.717) is 0 Å². The van der Waals surface area contributed by atoms with Gasteiger partial charge in [0.15, 0.2) is 0 Å². The van der Waals surface area contributed by atoms with E-state index in [1.165, 1.54) is 0 Å². The molecule has 17 heteroatoms. The maximum Gasteiger partial charge on any atom is 0.455 e. The molecule has 0 aliphatic carbocycles. The zero-order valence-electron chi connectivity index (χ0n) is 10.5. The number of halogens is 15. The molecule has 0 radical (unpaired) electrons. The molecule has 0 aliphatic rings. The van der Waals surface area contributed by atoms with Crippen molar-refractivity contribution in [2.45, 2.75) is 36.3 Å². The number of carbonyl (C=O) groups is 1. The van der Waals surface area contributed by atoms with Crippen LogP contribution in [0, 0.1) is 5.41 Å². The third-order valence-corrected chi connectivity index (χ3v) is 2.80. The lowest BCUT2D eigenvalue weighted by atomic mass is 9.68. The van der Waals surface area contributed by atoms with Crippen LogP contribution in [0.5, 0.6) is 0 Å². The SMILES string of the molecule is O=C(O)C(C(F)(F)C(F)(F)F)(C(F)(F)C(F)(F)F)C(F)(F)C(F)(F)F. The summed E-state index contributed by atoms with van der Waals surface area (Å²) >= 11 is 0. The van der Waals surface area contributed by atoms with Gasteiger partial charge < -0.3 is 5.11 Å². The summed E-state index contributed by atoms with van der Waals surface area (Å²) in [7, 11) is 0. The number of aliphatic carboxylic acids is 1. The molecule has 0 atom stereocenters. The van der Waals surface area contributed by atoms with Crippen molar-refractivity contribution in [3.05, 3.63) is 0 Å². The largest absolute Gasteiger partial charge is 0.480 e. The van der Waals surface area contributed by atoms with Crippen molar-refractivity contribution in [2.24, 2.45) is 5.41 Å². The Kier molecular flexibility index (Phi) is 5.11. The zero-order chi connectivity index (χ0) is 21.1. The van der Waals surface area contributed by atoms with E-state index < -0.39 is 47.7 Å². The van der Waals surface area contributed by atoms with Crippen molar-refractivity contribution in [1.82, 2.24) is 0 Å². The summed E-state index contributed by atoms with van der Waals surface area (Å²) in [5.41, 5.74) is -8.32. The lowest BCUT2D eigenvalue weighted by molar-refractivity contribution is -0.462. The first-order valence-electron chi connectivity index (χ1n) is 5.01. The highest BCUT2D eigenvalue weighted by Crippen LogP contribution is 2.68. The van der Waals surface area contributed by atoms with E-state index >= 15 is 0 Å². The normalized spacial score (nSPS) is 16.1. The van der Waals surface area contributed by atoms with Gasteiger partial charge >= 0.3 is 42.3 Å². The van der Waals surface area contributed by atoms with Crippen molar-refractivity contribution in [3.8, 4) is 0 Å². The predicted molar refractivity (Wildman–Crippen MR) is 43.1 cm³/mol. The maximum atomic E-state index is 13.1. The van der Waals surface area contributed by atoms with Crippen LogP contribution in [-0.4, -0.2) is 47.4 Å². The van der Waals surface area contributed by atoms with Gasteiger partial charge in [-0.1, -0.05) is 0 Å². The molecule has 0 spiro atoms. The van der Waals surface area contributed by atoms with E-state index in [9.17, 15) is 70.7 Å². The second-order valence-electron chi connectivity index (χ2n) is 4.27. The number of hydrogen-bond acceptors (Lipinski definition) is 1. The summed E-state index contributed by atoms with van der Waals surface area (Å²) in [4.78, 5) is 10.4. The number of alkyl halides is 15. The van der Waals surface area contributed by atoms with Gasteiger partial charge in [0.2, 0.25) is 0 Å². The van der Waals surface area contributed by atoms with Crippen LogP contribution in [0.15, 0.2) is 0 Å². The van der Waals surface area contributed by atoms with Crippen LogP contribution >= 0.6 is 0 Å². The van der Waals surface area contributed by atoms with Gasteiger partial charge in [0.05, 0.1) is 0 Å². The third-order valence-electron chi connectivity index (χ3n) is 2.80. The number of carboxylic acid groups (broad SMARTS) is 1. The molecule has 1 N–H and O–H groups in total. The van der Waals surface area contributed by atoms with Gasteiger partial charge in [-0.05, 0) is 0 Å². The Morgan fingerprint density at radius 1 is 0.480 bits per heavy atom. The summed E-state index contributed by atoms with van der Waals surface area (Å²) in [5, 5.41) is 7.98. The highest BCUT2D eigenvalue weighted by molar-refractivity contribution is 5.80. The molecule has 0 aromatic carbocycles. The maximum absolute atomic E-state index is 13.1. The van der Waals surface area contributed by atoms with Crippen LogP contribution in [0.3, 0.4) is 0 Å². The average Bonchev–Trinajstić information content (AvgIpc) is 2.22. The lowest BCUT2D eigenvalue weighted by Crippen LogP contribution is -2.77. The predicted octanol–water partition coefficient (Wildman–Crippen LogP) is 4.65. The molecule has 0 rings (SSSR count). The molecular formula is C8HF15O2. The van der Waals surface area contributed by atoms with Crippen molar-refractivity contribution in [3.63, 3.8) is 0 Å². The van der Waals surface area contributed by atoms with Crippen LogP contribution in [0.4, 0.5) is 65.9 Å². The Hall–Kier alpha value is -1.58. The van der Waals surface area contributed by atoms with Crippen LogP contribution in [0.2, 0.25) is 0 Å². The summed E-state index contributed by atoms with van der Waals surface area (Å²) in [6.07, 6.45) is -23.9. The van der Waals surface area contributed by atoms with Gasteiger partial charge in [0.1, 0.15) is 0 Å². The number of rotatable bonds is 4. The van der Waals surface area contributed by atoms with Gasteiger partial charge in [0.25, 0.3) is 5.41 Å². The minimum Gasteiger partial charge on any atom is -0.480 e. The molecular weight excluding hydrogens is 413 g/mol. The lowest BCUT2D eigenvalue weighted by Gasteiger charge is -2.46. The molecule has 0 heterocycles. The summed E-state index contributed by atoms with van der Waals surface area (Å²) < 4.78 is 188. The fraction of sp³-hybridized carbons (Fsp3) is 0.875. The van der Waals surface area contributed by atoms with Crippen LogP contribution in [-0.2, 0) is 4.79 Å². The monoisotopic (exact) mass is 414 g/mol. The fourth-order valence-corrected chi connectivity index (χ4v) is 1.63. The van der Waals surface area contributed by atoms with Gasteiger partial charge in [-0.25, -0.2) is 0 Å². The average molecular weight is 414 g/mol. The number of carboxylic acids is 1. The Balaban J connectivity index is 7.56. The Bertz CT molecular complexity index is 457. The van der Waals surface area contributed by atoms with Gasteiger partial charge in [-0.15, -0.1) is 0 Å². The molecule has 0 saturated carbocycles. The molecule has 25 heavy (non-hydrogen) atoms. The second-order valence-corrected chi connectivity index (χ2v) is 4.27. The first kappa shape index (κ1) is 23.4. The highest BCUT2D eigenvalue weighted by atomic mass is 19.4. The molecule has 0 fully saturated rings. The van der Waals surface area contributed by atoms with E-state index in [1.807, 2.05) is 0 Å². The van der Waals surface area contributed by atoms with Crippen molar-refractivity contribution >= 4 is 5.97 Å². The van der Waals surface area contributed by atoms with Crippen LogP contribution < -0.4 is 0 Å². The van der Waals surface area contributed by atoms with Crippen LogP contribution in [0.25, 0.3) is 0 Å². The molecule has 0 aromatic heterocycles. The first-order valence-corrected chi connectivity index (χ1v) is 5.01. The van der Waals surface area contributed by atoms with E-state index in [1.54, 1.807) is 0 Å². The molecule has 0 aromatic rings. The molecule has 150 valence electrons. The molecule has 0 unspecified atom stereocenters. The third kappa shape index (κ3) is 2.74. The van der Waals surface area contributed by atoms with Gasteiger partial charge in [-0.2, -0.15) is 65.9 Å². The van der Waals surface area contributed by atoms with Crippen LogP contribution in [0.1, 0.15) is 0 Å². The van der Waals surface area contributed by atoms with E-state index in [0.717, 1.165) is 0 Å². The molecule has 0 bridgehead atoms. The second kappa shape index (κ2) is 5.46. The van der Waals surface area contributed by atoms with Crippen molar-refractivity contribution in [1.29, 1.82) is 0 Å². The van der Waals surface area contributed by atoms with E-state index in [4.69, 9.17) is 5.11 Å². The van der Waals surface area contributed by atoms with Crippen molar-refractivity contribution < 1.29 is 75.8 Å². The molecule has 0 saturated heterocycles. The van der Waals surface area contributed by atoms with E-state index in [-0.39, 0.29) is 0 Å². The molecule has 0 amide bonds. The Morgan fingerprint density at radius 3 is 0.720 bits per heavy atom. The number of hydrogen-bond donors (Lipinski definition) is 1. The minimum absolute atomic E-state index is 5.08. The summed E-state index contributed by atoms with van der Waals surface area (Å²) in [5.74, 6) is -30.2.